The maximum atomic E-state index is 12.3. The average Bonchev–Trinajstić information content (AvgIpc) is 2.43. The molecule has 0 aliphatic carbocycles. The van der Waals surface area contributed by atoms with Crippen molar-refractivity contribution in [1.82, 2.24) is 0 Å². The normalized spacial score (nSPS) is 11.1. The number of nitro benzene ring substituents is 1. The summed E-state index contributed by atoms with van der Waals surface area (Å²) >= 11 is 3.27. The van der Waals surface area contributed by atoms with E-state index in [9.17, 15) is 18.5 Å². The Balaban J connectivity index is 2.41. The largest absolute Gasteiger partial charge is 0.279 e. The first kappa shape index (κ1) is 15.5. The SMILES string of the molecule is Cc1ccc(Br)cc1NS(=O)(=O)c1cccc([N+](=O)[O-])c1. The van der Waals surface area contributed by atoms with Crippen LogP contribution in [0, 0.1) is 17.0 Å². The molecule has 0 radical (unpaired) electrons. The highest BCUT2D eigenvalue weighted by Gasteiger charge is 2.18. The van der Waals surface area contributed by atoms with Gasteiger partial charge >= 0.3 is 0 Å². The van der Waals surface area contributed by atoms with Gasteiger partial charge in [-0.2, -0.15) is 0 Å². The van der Waals surface area contributed by atoms with Gasteiger partial charge in [0.2, 0.25) is 0 Å². The van der Waals surface area contributed by atoms with Crippen LogP contribution in [0.5, 0.6) is 0 Å². The summed E-state index contributed by atoms with van der Waals surface area (Å²) in [5, 5.41) is 10.7. The molecule has 0 amide bonds. The molecule has 0 heterocycles. The van der Waals surface area contributed by atoms with Crippen LogP contribution >= 0.6 is 15.9 Å². The molecule has 0 saturated carbocycles. The second-order valence-corrected chi connectivity index (χ2v) is 6.92. The molecule has 0 bridgehead atoms. The molecule has 110 valence electrons. The Morgan fingerprint density at radius 2 is 1.90 bits per heavy atom. The van der Waals surface area contributed by atoms with Gasteiger partial charge in [-0.05, 0) is 30.7 Å². The van der Waals surface area contributed by atoms with Crippen molar-refractivity contribution < 1.29 is 13.3 Å². The van der Waals surface area contributed by atoms with Crippen molar-refractivity contribution in [3.05, 3.63) is 62.6 Å². The number of non-ortho nitro benzene ring substituents is 1. The maximum absolute atomic E-state index is 12.3. The van der Waals surface area contributed by atoms with Crippen LogP contribution < -0.4 is 4.72 Å². The second kappa shape index (κ2) is 5.82. The minimum atomic E-state index is -3.88. The summed E-state index contributed by atoms with van der Waals surface area (Å²) in [5.74, 6) is 0. The van der Waals surface area contributed by atoms with Crippen molar-refractivity contribution in [1.29, 1.82) is 0 Å². The third kappa shape index (κ3) is 3.59. The van der Waals surface area contributed by atoms with Gasteiger partial charge in [0, 0.05) is 16.6 Å². The number of aryl methyl sites for hydroxylation is 1. The molecule has 1 N–H and O–H groups in total. The molecule has 2 aromatic rings. The Hall–Kier alpha value is -1.93. The number of benzene rings is 2. The summed E-state index contributed by atoms with van der Waals surface area (Å²) in [4.78, 5) is 9.93. The topological polar surface area (TPSA) is 89.3 Å². The fraction of sp³-hybridized carbons (Fsp3) is 0.0769. The summed E-state index contributed by atoms with van der Waals surface area (Å²) in [6.07, 6.45) is 0. The number of anilines is 1. The van der Waals surface area contributed by atoms with Crippen molar-refractivity contribution in [3.63, 3.8) is 0 Å². The molecule has 6 nitrogen and oxygen atoms in total. The lowest BCUT2D eigenvalue weighted by Gasteiger charge is -2.11. The fourth-order valence-electron chi connectivity index (χ4n) is 1.67. The summed E-state index contributed by atoms with van der Waals surface area (Å²) in [6.45, 7) is 1.76. The molecule has 2 aromatic carbocycles. The molecule has 0 aliphatic heterocycles. The monoisotopic (exact) mass is 370 g/mol. The van der Waals surface area contributed by atoms with Crippen LogP contribution in [0.25, 0.3) is 0 Å². The van der Waals surface area contributed by atoms with Gasteiger partial charge in [-0.1, -0.05) is 28.1 Å². The van der Waals surface area contributed by atoms with Gasteiger partial charge < -0.3 is 0 Å². The van der Waals surface area contributed by atoms with Crippen LogP contribution in [-0.2, 0) is 10.0 Å². The lowest BCUT2D eigenvalue weighted by molar-refractivity contribution is -0.385. The number of rotatable bonds is 4. The van der Waals surface area contributed by atoms with E-state index in [1.54, 1.807) is 25.1 Å². The Labute approximate surface area is 130 Å². The van der Waals surface area contributed by atoms with E-state index in [1.807, 2.05) is 0 Å². The number of hydrogen-bond donors (Lipinski definition) is 1. The van der Waals surface area contributed by atoms with Gasteiger partial charge in [-0.3, -0.25) is 14.8 Å². The lowest BCUT2D eigenvalue weighted by atomic mass is 10.2. The smallest absolute Gasteiger partial charge is 0.270 e. The Morgan fingerprint density at radius 1 is 1.19 bits per heavy atom. The van der Waals surface area contributed by atoms with E-state index in [0.717, 1.165) is 16.1 Å². The Bertz CT molecular complexity index is 806. The Kier molecular flexibility index (Phi) is 4.29. The first-order valence-electron chi connectivity index (χ1n) is 5.83. The summed E-state index contributed by atoms with van der Waals surface area (Å²) in [7, 11) is -3.88. The van der Waals surface area contributed by atoms with Crippen molar-refractivity contribution >= 4 is 37.3 Å². The standard InChI is InChI=1S/C13H11BrN2O4S/c1-9-5-6-10(14)7-13(9)15-21(19,20)12-4-2-3-11(8-12)16(17)18/h2-8,15H,1H3. The van der Waals surface area contributed by atoms with Gasteiger partial charge in [0.15, 0.2) is 0 Å². The second-order valence-electron chi connectivity index (χ2n) is 4.32. The van der Waals surface area contributed by atoms with E-state index >= 15 is 0 Å². The Morgan fingerprint density at radius 3 is 2.57 bits per heavy atom. The van der Waals surface area contributed by atoms with Crippen LogP contribution in [-0.4, -0.2) is 13.3 Å². The lowest BCUT2D eigenvalue weighted by Crippen LogP contribution is -2.14. The highest BCUT2D eigenvalue weighted by Crippen LogP contribution is 2.25. The van der Waals surface area contributed by atoms with Crippen molar-refractivity contribution in [2.45, 2.75) is 11.8 Å². The molecule has 2 rings (SSSR count). The predicted molar refractivity (Wildman–Crippen MR) is 82.8 cm³/mol. The zero-order valence-electron chi connectivity index (χ0n) is 10.9. The van der Waals surface area contributed by atoms with Gasteiger partial charge in [-0.15, -0.1) is 0 Å². The number of halogens is 1. The molecule has 0 unspecified atom stereocenters. The van der Waals surface area contributed by atoms with Crippen molar-refractivity contribution in [2.24, 2.45) is 0 Å². The third-order valence-electron chi connectivity index (χ3n) is 2.78. The quantitative estimate of drug-likeness (QED) is 0.658. The zero-order chi connectivity index (χ0) is 15.6. The molecule has 0 atom stereocenters. The minimum absolute atomic E-state index is 0.156. The molecule has 0 spiro atoms. The van der Waals surface area contributed by atoms with E-state index in [2.05, 4.69) is 20.7 Å². The van der Waals surface area contributed by atoms with Crippen LogP contribution in [0.3, 0.4) is 0 Å². The minimum Gasteiger partial charge on any atom is -0.279 e. The third-order valence-corrected chi connectivity index (χ3v) is 4.64. The average molecular weight is 371 g/mol. The molecule has 0 fully saturated rings. The molecule has 21 heavy (non-hydrogen) atoms. The van der Waals surface area contributed by atoms with Crippen LogP contribution in [0.4, 0.5) is 11.4 Å². The van der Waals surface area contributed by atoms with Crippen molar-refractivity contribution in [3.8, 4) is 0 Å². The van der Waals surface area contributed by atoms with Gasteiger partial charge in [0.05, 0.1) is 15.5 Å². The van der Waals surface area contributed by atoms with Crippen LogP contribution in [0.1, 0.15) is 5.56 Å². The van der Waals surface area contributed by atoms with Crippen LogP contribution in [0.2, 0.25) is 0 Å². The van der Waals surface area contributed by atoms with Gasteiger partial charge in [0.25, 0.3) is 15.7 Å². The van der Waals surface area contributed by atoms with E-state index in [0.29, 0.717) is 5.69 Å². The number of nitrogens with zero attached hydrogens (tertiary/aromatic N) is 1. The number of nitrogens with one attached hydrogen (secondary N) is 1. The zero-order valence-corrected chi connectivity index (χ0v) is 13.3. The van der Waals surface area contributed by atoms with Crippen LogP contribution in [0.15, 0.2) is 51.8 Å². The molecular formula is C13H11BrN2O4S. The molecule has 0 aromatic heterocycles. The van der Waals surface area contributed by atoms with E-state index < -0.39 is 14.9 Å². The fourth-order valence-corrected chi connectivity index (χ4v) is 3.19. The molecule has 0 aliphatic rings. The highest BCUT2D eigenvalue weighted by atomic mass is 79.9. The highest BCUT2D eigenvalue weighted by molar-refractivity contribution is 9.10. The summed E-state index contributed by atoms with van der Waals surface area (Å²) in [5.41, 5.74) is 0.881. The van der Waals surface area contributed by atoms with Crippen molar-refractivity contribution in [2.75, 3.05) is 4.72 Å². The van der Waals surface area contributed by atoms with Gasteiger partial charge in [-0.25, -0.2) is 8.42 Å². The van der Waals surface area contributed by atoms with E-state index in [1.165, 1.54) is 18.2 Å². The molecular weight excluding hydrogens is 360 g/mol. The first-order valence-corrected chi connectivity index (χ1v) is 8.10. The number of sulfonamides is 1. The molecule has 8 heteroatoms. The predicted octanol–water partition coefficient (Wildman–Crippen LogP) is 3.47. The van der Waals surface area contributed by atoms with E-state index in [4.69, 9.17) is 0 Å². The van der Waals surface area contributed by atoms with Gasteiger partial charge in [0.1, 0.15) is 0 Å². The summed E-state index contributed by atoms with van der Waals surface area (Å²) in [6, 6.07) is 10.1. The number of hydrogen-bond acceptors (Lipinski definition) is 4. The first-order chi connectivity index (χ1) is 9.79. The van der Waals surface area contributed by atoms with E-state index in [-0.39, 0.29) is 10.6 Å². The maximum Gasteiger partial charge on any atom is 0.270 e. The molecule has 0 saturated heterocycles. The number of nitro groups is 1. The summed E-state index contributed by atoms with van der Waals surface area (Å²) < 4.78 is 27.7.